The zero-order valence-corrected chi connectivity index (χ0v) is 10.1. The predicted molar refractivity (Wildman–Crippen MR) is 64.8 cm³/mol. The normalized spacial score (nSPS) is 11.2. The summed E-state index contributed by atoms with van der Waals surface area (Å²) in [5.41, 5.74) is 5.03. The summed E-state index contributed by atoms with van der Waals surface area (Å²) in [4.78, 5) is 9.52. The first kappa shape index (κ1) is 12.8. The Bertz CT molecular complexity index is 710. The molecule has 0 aliphatic heterocycles. The van der Waals surface area contributed by atoms with E-state index in [1.54, 1.807) is 0 Å². The number of nitro benzene ring substituents is 1. The van der Waals surface area contributed by atoms with E-state index in [0.29, 0.717) is 0 Å². The zero-order chi connectivity index (χ0) is 14.0. The Labute approximate surface area is 107 Å². The summed E-state index contributed by atoms with van der Waals surface area (Å²) in [6, 6.07) is 4.42. The van der Waals surface area contributed by atoms with Crippen molar-refractivity contribution in [2.24, 2.45) is 0 Å². The summed E-state index contributed by atoms with van der Waals surface area (Å²) in [6.07, 6.45) is 1.18. The van der Waals surface area contributed by atoms with Crippen LogP contribution in [0.3, 0.4) is 0 Å². The molecule has 0 aliphatic rings. The maximum Gasteiger partial charge on any atom is 0.270 e. The second kappa shape index (κ2) is 4.57. The Kier molecular flexibility index (Phi) is 3.09. The molecule has 0 aliphatic carbocycles. The van der Waals surface area contributed by atoms with E-state index in [1.807, 2.05) is 0 Å². The largest absolute Gasteiger partial charge is 0.398 e. The molecule has 3 N–H and O–H groups in total. The molecule has 0 unspecified atom stereocenters. The quantitative estimate of drug-likeness (QED) is 0.483. The Balaban J connectivity index is 2.45. The molecule has 1 aromatic carbocycles. The first-order chi connectivity index (χ1) is 8.90. The van der Waals surface area contributed by atoms with Crippen molar-refractivity contribution in [2.75, 3.05) is 10.5 Å². The number of anilines is 2. The average Bonchev–Trinajstić information content (AvgIpc) is 2.81. The molecular weight excluding hydrogens is 276 g/mol. The molecule has 0 amide bonds. The Morgan fingerprint density at radius 1 is 1.37 bits per heavy atom. The van der Waals surface area contributed by atoms with Crippen molar-refractivity contribution < 1.29 is 17.9 Å². The number of nitrogens with zero attached hydrogens (tertiary/aromatic N) is 2. The fraction of sp³-hybridized carbons (Fsp3) is 0. The lowest BCUT2D eigenvalue weighted by Gasteiger charge is -2.07. The van der Waals surface area contributed by atoms with E-state index in [0.717, 1.165) is 18.2 Å². The number of non-ortho nitro benzene ring substituents is 1. The Morgan fingerprint density at radius 2 is 2.11 bits per heavy atom. The molecule has 0 fully saturated rings. The molecule has 0 saturated carbocycles. The van der Waals surface area contributed by atoms with Crippen molar-refractivity contribution in [1.82, 2.24) is 5.16 Å². The summed E-state index contributed by atoms with van der Waals surface area (Å²) < 4.78 is 30.6. The van der Waals surface area contributed by atoms with Gasteiger partial charge < -0.3 is 10.3 Å². The van der Waals surface area contributed by atoms with Gasteiger partial charge in [0.1, 0.15) is 11.2 Å². The van der Waals surface area contributed by atoms with Gasteiger partial charge in [0.05, 0.1) is 10.6 Å². The number of aromatic nitrogens is 1. The number of hydrogen-bond acceptors (Lipinski definition) is 7. The van der Waals surface area contributed by atoms with Crippen LogP contribution in [-0.2, 0) is 10.0 Å². The molecule has 0 bridgehead atoms. The third-order valence-corrected chi connectivity index (χ3v) is 3.58. The van der Waals surface area contributed by atoms with Crippen LogP contribution in [0, 0.1) is 10.1 Å². The van der Waals surface area contributed by atoms with E-state index in [1.165, 1.54) is 12.3 Å². The van der Waals surface area contributed by atoms with Crippen LogP contribution >= 0.6 is 0 Å². The van der Waals surface area contributed by atoms with Crippen molar-refractivity contribution in [3.05, 3.63) is 40.6 Å². The molecule has 1 aromatic heterocycles. The van der Waals surface area contributed by atoms with Crippen molar-refractivity contribution in [2.45, 2.75) is 4.90 Å². The zero-order valence-electron chi connectivity index (χ0n) is 9.31. The average molecular weight is 284 g/mol. The second-order valence-corrected chi connectivity index (χ2v) is 5.12. The van der Waals surface area contributed by atoms with Gasteiger partial charge in [-0.2, -0.15) is 0 Å². The highest BCUT2D eigenvalue weighted by molar-refractivity contribution is 7.92. The summed E-state index contributed by atoms with van der Waals surface area (Å²) >= 11 is 0. The van der Waals surface area contributed by atoms with Crippen LogP contribution in [0.2, 0.25) is 0 Å². The topological polar surface area (TPSA) is 141 Å². The molecule has 0 saturated heterocycles. The predicted octanol–water partition coefficient (Wildman–Crippen LogP) is 0.966. The minimum Gasteiger partial charge on any atom is -0.398 e. The van der Waals surface area contributed by atoms with Gasteiger partial charge in [0.2, 0.25) is 0 Å². The van der Waals surface area contributed by atoms with Crippen LogP contribution in [0.15, 0.2) is 39.9 Å². The molecule has 100 valence electrons. The monoisotopic (exact) mass is 284 g/mol. The van der Waals surface area contributed by atoms with Crippen molar-refractivity contribution >= 4 is 27.2 Å². The van der Waals surface area contributed by atoms with Crippen LogP contribution in [0.4, 0.5) is 17.2 Å². The number of sulfonamides is 1. The van der Waals surface area contributed by atoms with Gasteiger partial charge in [-0.3, -0.25) is 14.8 Å². The van der Waals surface area contributed by atoms with Gasteiger partial charge in [-0.1, -0.05) is 5.16 Å². The molecule has 2 rings (SSSR count). The van der Waals surface area contributed by atoms with E-state index in [2.05, 4.69) is 14.4 Å². The van der Waals surface area contributed by atoms with E-state index in [4.69, 9.17) is 5.73 Å². The fourth-order valence-corrected chi connectivity index (χ4v) is 2.47. The summed E-state index contributed by atoms with van der Waals surface area (Å²) in [5.74, 6) is -0.0501. The van der Waals surface area contributed by atoms with Crippen molar-refractivity contribution in [3.63, 3.8) is 0 Å². The number of nitro groups is 1. The maximum atomic E-state index is 12.0. The van der Waals surface area contributed by atoms with E-state index < -0.39 is 19.8 Å². The number of benzene rings is 1. The van der Waals surface area contributed by atoms with Gasteiger partial charge in [-0.25, -0.2) is 8.42 Å². The molecule has 2 aromatic rings. The third kappa shape index (κ3) is 2.63. The number of nitrogen functional groups attached to an aromatic ring is 1. The molecule has 9 nitrogen and oxygen atoms in total. The van der Waals surface area contributed by atoms with Crippen LogP contribution in [0.1, 0.15) is 0 Å². The van der Waals surface area contributed by atoms with Gasteiger partial charge in [-0.05, 0) is 6.07 Å². The van der Waals surface area contributed by atoms with Crippen molar-refractivity contribution in [3.8, 4) is 0 Å². The van der Waals surface area contributed by atoms with Crippen molar-refractivity contribution in [1.29, 1.82) is 0 Å². The van der Waals surface area contributed by atoms with Gasteiger partial charge in [0.15, 0.2) is 5.82 Å². The molecule has 0 spiro atoms. The number of nitrogens with one attached hydrogen (secondary N) is 1. The fourth-order valence-electron chi connectivity index (χ4n) is 1.33. The van der Waals surface area contributed by atoms with Gasteiger partial charge >= 0.3 is 0 Å². The number of hydrogen-bond donors (Lipinski definition) is 2. The molecule has 19 heavy (non-hydrogen) atoms. The molecular formula is C9H8N4O5S. The summed E-state index contributed by atoms with van der Waals surface area (Å²) in [6.45, 7) is 0. The smallest absolute Gasteiger partial charge is 0.270 e. The van der Waals surface area contributed by atoms with Crippen LogP contribution in [-0.4, -0.2) is 18.5 Å². The van der Waals surface area contributed by atoms with Gasteiger partial charge in [0, 0.05) is 18.2 Å². The lowest BCUT2D eigenvalue weighted by molar-refractivity contribution is -0.385. The minimum atomic E-state index is -4.07. The summed E-state index contributed by atoms with van der Waals surface area (Å²) in [7, 11) is -4.07. The SMILES string of the molecule is Nc1ccc([N+](=O)[O-])cc1S(=O)(=O)Nc1ccon1. The second-order valence-electron chi connectivity index (χ2n) is 3.47. The molecule has 0 radical (unpaired) electrons. The Morgan fingerprint density at radius 3 is 2.68 bits per heavy atom. The summed E-state index contributed by atoms with van der Waals surface area (Å²) in [5, 5.41) is 14.0. The molecule has 0 atom stereocenters. The lowest BCUT2D eigenvalue weighted by atomic mass is 10.3. The van der Waals surface area contributed by atoms with E-state index in [-0.39, 0.29) is 17.2 Å². The number of nitrogens with two attached hydrogens (primary N) is 1. The highest BCUT2D eigenvalue weighted by atomic mass is 32.2. The van der Waals surface area contributed by atoms with Crippen LogP contribution in [0.5, 0.6) is 0 Å². The standard InChI is InChI=1S/C9H8N4O5S/c10-7-2-1-6(13(14)15)5-8(7)19(16,17)12-9-3-4-18-11-9/h1-5H,10H2,(H,11,12). The Hall–Kier alpha value is -2.62. The highest BCUT2D eigenvalue weighted by Gasteiger charge is 2.22. The van der Waals surface area contributed by atoms with Crippen LogP contribution in [0.25, 0.3) is 0 Å². The minimum absolute atomic E-state index is 0.0501. The van der Waals surface area contributed by atoms with Gasteiger partial charge in [-0.15, -0.1) is 0 Å². The third-order valence-electron chi connectivity index (χ3n) is 2.17. The maximum absolute atomic E-state index is 12.0. The molecule has 10 heteroatoms. The highest BCUT2D eigenvalue weighted by Crippen LogP contribution is 2.25. The van der Waals surface area contributed by atoms with E-state index in [9.17, 15) is 18.5 Å². The van der Waals surface area contributed by atoms with Crippen LogP contribution < -0.4 is 10.5 Å². The number of rotatable bonds is 4. The first-order valence-corrected chi connectivity index (χ1v) is 6.35. The molecule has 1 heterocycles. The lowest BCUT2D eigenvalue weighted by Crippen LogP contribution is -2.15. The van der Waals surface area contributed by atoms with Gasteiger partial charge in [0.25, 0.3) is 15.7 Å². The van der Waals surface area contributed by atoms with E-state index >= 15 is 0 Å². The first-order valence-electron chi connectivity index (χ1n) is 4.87.